The Labute approximate surface area is 136 Å². The van der Waals surface area contributed by atoms with E-state index in [0.29, 0.717) is 30.6 Å². The fraction of sp³-hybridized carbons (Fsp3) is 0.611. The summed E-state index contributed by atoms with van der Waals surface area (Å²) >= 11 is 0. The molecule has 1 aromatic carbocycles. The summed E-state index contributed by atoms with van der Waals surface area (Å²) in [7, 11) is 0. The average molecular weight is 316 g/mol. The maximum absolute atomic E-state index is 12.2. The lowest BCUT2D eigenvalue weighted by atomic mass is 9.93. The van der Waals surface area contributed by atoms with Gasteiger partial charge in [-0.1, -0.05) is 19.1 Å². The number of rotatable bonds is 4. The minimum Gasteiger partial charge on any atom is -0.454 e. The van der Waals surface area contributed by atoms with Crippen molar-refractivity contribution in [1.29, 1.82) is 0 Å². The van der Waals surface area contributed by atoms with Crippen LogP contribution in [0.15, 0.2) is 18.2 Å². The highest BCUT2D eigenvalue weighted by Gasteiger charge is 2.36. The van der Waals surface area contributed by atoms with Crippen LogP contribution in [0.25, 0.3) is 0 Å². The summed E-state index contributed by atoms with van der Waals surface area (Å²) in [6.45, 7) is 5.07. The molecule has 124 valence electrons. The van der Waals surface area contributed by atoms with Gasteiger partial charge in [0.05, 0.1) is 0 Å². The number of carbonyl (C=O) groups excluding carboxylic acids is 1. The van der Waals surface area contributed by atoms with Crippen molar-refractivity contribution in [3.8, 4) is 11.5 Å². The average Bonchev–Trinajstić information content (AvgIpc) is 3.30. The van der Waals surface area contributed by atoms with Crippen LogP contribution in [0.4, 0.5) is 0 Å². The Bertz CT molecular complexity index is 600. The second-order valence-electron chi connectivity index (χ2n) is 6.96. The van der Waals surface area contributed by atoms with Crippen molar-refractivity contribution in [2.75, 3.05) is 19.9 Å². The first-order chi connectivity index (χ1) is 11.2. The fourth-order valence-electron chi connectivity index (χ4n) is 3.61. The zero-order valence-corrected chi connectivity index (χ0v) is 13.6. The lowest BCUT2D eigenvalue weighted by molar-refractivity contribution is -0.134. The Morgan fingerprint density at radius 3 is 2.96 bits per heavy atom. The zero-order chi connectivity index (χ0) is 15.8. The Morgan fingerprint density at radius 2 is 2.17 bits per heavy atom. The zero-order valence-electron chi connectivity index (χ0n) is 13.6. The maximum atomic E-state index is 12.2. The van der Waals surface area contributed by atoms with Crippen molar-refractivity contribution in [3.05, 3.63) is 23.8 Å². The molecule has 0 spiro atoms. The largest absolute Gasteiger partial charge is 0.454 e. The molecule has 5 heteroatoms. The van der Waals surface area contributed by atoms with Gasteiger partial charge in [-0.3, -0.25) is 4.79 Å². The van der Waals surface area contributed by atoms with E-state index in [1.54, 1.807) is 0 Å². The van der Waals surface area contributed by atoms with E-state index >= 15 is 0 Å². The van der Waals surface area contributed by atoms with E-state index in [1.165, 1.54) is 0 Å². The Hall–Kier alpha value is -1.75. The molecule has 2 heterocycles. The predicted octanol–water partition coefficient (Wildman–Crippen LogP) is 2.15. The molecule has 3 aliphatic rings. The SMILES string of the molecule is CC1CN(C(=O)C2CC2)CCC1NCc1cccc2c1OCO2. The Kier molecular flexibility index (Phi) is 3.89. The number of piperidine rings is 1. The quantitative estimate of drug-likeness (QED) is 0.925. The van der Waals surface area contributed by atoms with Gasteiger partial charge in [0.15, 0.2) is 11.5 Å². The highest BCUT2D eigenvalue weighted by Crippen LogP contribution is 2.36. The van der Waals surface area contributed by atoms with Crippen LogP contribution >= 0.6 is 0 Å². The molecule has 4 rings (SSSR count). The van der Waals surface area contributed by atoms with Gasteiger partial charge >= 0.3 is 0 Å². The molecule has 1 saturated carbocycles. The van der Waals surface area contributed by atoms with Crippen LogP contribution in [0.3, 0.4) is 0 Å². The van der Waals surface area contributed by atoms with E-state index in [1.807, 2.05) is 12.1 Å². The molecule has 2 aliphatic heterocycles. The van der Waals surface area contributed by atoms with Crippen LogP contribution in [-0.2, 0) is 11.3 Å². The van der Waals surface area contributed by atoms with Gasteiger partial charge in [-0.05, 0) is 31.2 Å². The van der Waals surface area contributed by atoms with Crippen LogP contribution in [0.2, 0.25) is 0 Å². The van der Waals surface area contributed by atoms with E-state index in [-0.39, 0.29) is 0 Å². The lowest BCUT2D eigenvalue weighted by Gasteiger charge is -2.37. The molecule has 1 aliphatic carbocycles. The van der Waals surface area contributed by atoms with Gasteiger partial charge in [0.2, 0.25) is 12.7 Å². The molecule has 23 heavy (non-hydrogen) atoms. The lowest BCUT2D eigenvalue weighted by Crippen LogP contribution is -2.50. The molecule has 0 bridgehead atoms. The summed E-state index contributed by atoms with van der Waals surface area (Å²) in [5, 5.41) is 3.65. The minimum absolute atomic E-state index is 0.310. The summed E-state index contributed by atoms with van der Waals surface area (Å²) in [4.78, 5) is 14.3. The van der Waals surface area contributed by atoms with Gasteiger partial charge < -0.3 is 19.7 Å². The van der Waals surface area contributed by atoms with Crippen molar-refractivity contribution in [2.24, 2.45) is 11.8 Å². The number of carbonyl (C=O) groups is 1. The van der Waals surface area contributed by atoms with E-state index in [9.17, 15) is 4.79 Å². The van der Waals surface area contributed by atoms with Crippen molar-refractivity contribution >= 4 is 5.91 Å². The molecule has 2 atom stereocenters. The van der Waals surface area contributed by atoms with Gasteiger partial charge in [-0.25, -0.2) is 0 Å². The second-order valence-corrected chi connectivity index (χ2v) is 6.96. The van der Waals surface area contributed by atoms with Gasteiger partial charge in [0.25, 0.3) is 0 Å². The molecule has 1 aromatic rings. The topological polar surface area (TPSA) is 50.8 Å². The van der Waals surface area contributed by atoms with Crippen LogP contribution < -0.4 is 14.8 Å². The number of fused-ring (bicyclic) bond motifs is 1. The third-order valence-corrected chi connectivity index (χ3v) is 5.18. The highest BCUT2D eigenvalue weighted by molar-refractivity contribution is 5.81. The smallest absolute Gasteiger partial charge is 0.231 e. The van der Waals surface area contributed by atoms with Crippen LogP contribution in [0.1, 0.15) is 31.7 Å². The molecule has 2 unspecified atom stereocenters. The molecular weight excluding hydrogens is 292 g/mol. The molecule has 1 saturated heterocycles. The first-order valence-corrected chi connectivity index (χ1v) is 8.62. The number of para-hydroxylation sites is 1. The van der Waals surface area contributed by atoms with E-state index < -0.39 is 0 Å². The van der Waals surface area contributed by atoms with E-state index in [4.69, 9.17) is 9.47 Å². The summed E-state index contributed by atoms with van der Waals surface area (Å²) in [6.07, 6.45) is 3.20. The number of nitrogens with zero attached hydrogens (tertiary/aromatic N) is 1. The van der Waals surface area contributed by atoms with Gasteiger partial charge in [0.1, 0.15) is 0 Å². The summed E-state index contributed by atoms with van der Waals surface area (Å²) in [5.74, 6) is 2.88. The third-order valence-electron chi connectivity index (χ3n) is 5.18. The number of hydrogen-bond acceptors (Lipinski definition) is 4. The van der Waals surface area contributed by atoms with Crippen molar-refractivity contribution < 1.29 is 14.3 Å². The maximum Gasteiger partial charge on any atom is 0.231 e. The number of nitrogens with one attached hydrogen (secondary N) is 1. The fourth-order valence-corrected chi connectivity index (χ4v) is 3.61. The van der Waals surface area contributed by atoms with Crippen LogP contribution in [0, 0.1) is 11.8 Å². The monoisotopic (exact) mass is 316 g/mol. The molecule has 0 radical (unpaired) electrons. The highest BCUT2D eigenvalue weighted by atomic mass is 16.7. The number of amides is 1. The molecule has 5 nitrogen and oxygen atoms in total. The third kappa shape index (κ3) is 3.02. The molecule has 1 N–H and O–H groups in total. The van der Waals surface area contributed by atoms with Crippen LogP contribution in [0.5, 0.6) is 11.5 Å². The Morgan fingerprint density at radius 1 is 1.30 bits per heavy atom. The Balaban J connectivity index is 1.33. The predicted molar refractivity (Wildman–Crippen MR) is 86.3 cm³/mol. The van der Waals surface area contributed by atoms with Crippen molar-refractivity contribution in [2.45, 2.75) is 38.8 Å². The summed E-state index contributed by atoms with van der Waals surface area (Å²) in [6, 6.07) is 6.47. The summed E-state index contributed by atoms with van der Waals surface area (Å²) in [5.41, 5.74) is 1.14. The van der Waals surface area contributed by atoms with Crippen molar-refractivity contribution in [3.63, 3.8) is 0 Å². The number of hydrogen-bond donors (Lipinski definition) is 1. The molecule has 1 amide bonds. The normalized spacial score (nSPS) is 26.4. The number of ether oxygens (including phenoxy) is 2. The van der Waals surface area contributed by atoms with Gasteiger partial charge in [-0.2, -0.15) is 0 Å². The number of likely N-dealkylation sites (tertiary alicyclic amines) is 1. The molecule has 2 fully saturated rings. The molecule has 0 aromatic heterocycles. The standard InChI is InChI=1S/C18H24N2O3/c1-12-10-20(18(21)13-5-6-13)8-7-15(12)19-9-14-3-2-4-16-17(14)23-11-22-16/h2-4,12-13,15,19H,5-11H2,1H3. The van der Waals surface area contributed by atoms with Crippen LogP contribution in [-0.4, -0.2) is 36.7 Å². The second kappa shape index (κ2) is 6.04. The first-order valence-electron chi connectivity index (χ1n) is 8.62. The van der Waals surface area contributed by atoms with Gasteiger partial charge in [0, 0.05) is 37.2 Å². The van der Waals surface area contributed by atoms with Crippen molar-refractivity contribution in [1.82, 2.24) is 10.2 Å². The minimum atomic E-state index is 0.310. The summed E-state index contributed by atoms with van der Waals surface area (Å²) < 4.78 is 11.0. The van der Waals surface area contributed by atoms with E-state index in [2.05, 4.69) is 23.2 Å². The van der Waals surface area contributed by atoms with Gasteiger partial charge in [-0.15, -0.1) is 0 Å². The first kappa shape index (κ1) is 14.8. The molecular formula is C18H24N2O3. The van der Waals surface area contributed by atoms with E-state index in [0.717, 1.165) is 56.0 Å². The number of benzene rings is 1.